The topological polar surface area (TPSA) is 77.1 Å². The zero-order valence-corrected chi connectivity index (χ0v) is 21.4. The van der Waals surface area contributed by atoms with E-state index in [0.29, 0.717) is 32.7 Å². The van der Waals surface area contributed by atoms with Crippen LogP contribution in [0.3, 0.4) is 0 Å². The molecule has 7 heteroatoms. The molecule has 0 unspecified atom stereocenters. The van der Waals surface area contributed by atoms with Gasteiger partial charge in [-0.25, -0.2) is 9.59 Å². The summed E-state index contributed by atoms with van der Waals surface area (Å²) in [7, 11) is 0. The van der Waals surface area contributed by atoms with E-state index >= 15 is 0 Å². The van der Waals surface area contributed by atoms with Crippen LogP contribution in [0.15, 0.2) is 60.7 Å². The Morgan fingerprint density at radius 3 is 2.28 bits per heavy atom. The maximum absolute atomic E-state index is 12.7. The van der Waals surface area contributed by atoms with Crippen molar-refractivity contribution in [2.45, 2.75) is 70.3 Å². The highest BCUT2D eigenvalue weighted by molar-refractivity contribution is 5.70. The van der Waals surface area contributed by atoms with Crippen molar-refractivity contribution in [2.24, 2.45) is 5.92 Å². The molecule has 0 aromatic heterocycles. The molecular weight excluding hydrogens is 456 g/mol. The third-order valence-corrected chi connectivity index (χ3v) is 7.12. The minimum Gasteiger partial charge on any atom is -0.445 e. The number of nitrogens with zero attached hydrogens (tertiary/aromatic N) is 1. The van der Waals surface area contributed by atoms with Gasteiger partial charge in [0.05, 0.1) is 6.61 Å². The van der Waals surface area contributed by atoms with Gasteiger partial charge in [0.25, 0.3) is 0 Å². The lowest BCUT2D eigenvalue weighted by molar-refractivity contribution is 0.0185. The van der Waals surface area contributed by atoms with Crippen molar-refractivity contribution in [3.05, 3.63) is 71.8 Å². The molecule has 0 radical (unpaired) electrons. The molecule has 1 heterocycles. The summed E-state index contributed by atoms with van der Waals surface area (Å²) in [5, 5.41) is 3.13. The summed E-state index contributed by atoms with van der Waals surface area (Å²) < 4.78 is 17.0. The fourth-order valence-corrected chi connectivity index (χ4v) is 4.85. The highest BCUT2D eigenvalue weighted by Crippen LogP contribution is 2.46. The average molecular weight is 495 g/mol. The van der Waals surface area contributed by atoms with Gasteiger partial charge in [0.15, 0.2) is 0 Å². The fraction of sp³-hybridized carbons (Fsp3) is 0.517. The zero-order chi connectivity index (χ0) is 25.4. The number of amides is 2. The summed E-state index contributed by atoms with van der Waals surface area (Å²) in [6.45, 7) is 6.58. The number of hydrogen-bond acceptors (Lipinski definition) is 5. The molecule has 194 valence electrons. The Morgan fingerprint density at radius 2 is 1.64 bits per heavy atom. The molecule has 1 aliphatic carbocycles. The van der Waals surface area contributed by atoms with E-state index in [1.54, 1.807) is 4.90 Å². The van der Waals surface area contributed by atoms with E-state index in [9.17, 15) is 9.59 Å². The molecule has 0 spiro atoms. The lowest BCUT2D eigenvalue weighted by atomic mass is 9.96. The minimum absolute atomic E-state index is 0.212. The van der Waals surface area contributed by atoms with E-state index in [1.165, 1.54) is 0 Å². The van der Waals surface area contributed by atoms with Crippen molar-refractivity contribution in [1.29, 1.82) is 0 Å². The van der Waals surface area contributed by atoms with E-state index in [4.69, 9.17) is 14.2 Å². The first-order chi connectivity index (χ1) is 17.4. The second-order valence-corrected chi connectivity index (χ2v) is 10.5. The van der Waals surface area contributed by atoms with Gasteiger partial charge in [0, 0.05) is 31.2 Å². The molecule has 4 rings (SSSR count). The quantitative estimate of drug-likeness (QED) is 0.407. The van der Waals surface area contributed by atoms with E-state index < -0.39 is 5.60 Å². The number of rotatable bonds is 11. The van der Waals surface area contributed by atoms with E-state index in [1.807, 2.05) is 74.5 Å². The van der Waals surface area contributed by atoms with Gasteiger partial charge < -0.3 is 24.4 Å². The summed E-state index contributed by atoms with van der Waals surface area (Å²) in [5.74, 6) is 0.212. The second-order valence-electron chi connectivity index (χ2n) is 10.5. The van der Waals surface area contributed by atoms with Crippen LogP contribution in [0.2, 0.25) is 0 Å². The van der Waals surface area contributed by atoms with Crippen LogP contribution in [0.4, 0.5) is 9.59 Å². The summed E-state index contributed by atoms with van der Waals surface area (Å²) in [6, 6.07) is 19.8. The van der Waals surface area contributed by atoms with Crippen molar-refractivity contribution in [3.63, 3.8) is 0 Å². The third kappa shape index (κ3) is 7.47. The van der Waals surface area contributed by atoms with Gasteiger partial charge in [-0.2, -0.15) is 0 Å². The molecule has 2 fully saturated rings. The summed E-state index contributed by atoms with van der Waals surface area (Å²) in [6.07, 6.45) is 3.51. The molecule has 1 N–H and O–H groups in total. The summed E-state index contributed by atoms with van der Waals surface area (Å²) in [4.78, 5) is 27.0. The van der Waals surface area contributed by atoms with Gasteiger partial charge >= 0.3 is 12.2 Å². The number of ether oxygens (including phenoxy) is 3. The van der Waals surface area contributed by atoms with E-state index in [-0.39, 0.29) is 30.3 Å². The predicted molar refractivity (Wildman–Crippen MR) is 137 cm³/mol. The highest BCUT2D eigenvalue weighted by atomic mass is 16.6. The van der Waals surface area contributed by atoms with Crippen molar-refractivity contribution in [1.82, 2.24) is 10.2 Å². The van der Waals surface area contributed by atoms with Crippen LogP contribution in [0.5, 0.6) is 0 Å². The molecule has 1 saturated heterocycles. The molecule has 2 aromatic carbocycles. The van der Waals surface area contributed by atoms with Gasteiger partial charge in [-0.05, 0) is 57.1 Å². The van der Waals surface area contributed by atoms with Crippen LogP contribution in [-0.2, 0) is 27.4 Å². The van der Waals surface area contributed by atoms with Gasteiger partial charge in [0.1, 0.15) is 12.2 Å². The van der Waals surface area contributed by atoms with Crippen LogP contribution in [0.1, 0.15) is 57.1 Å². The maximum Gasteiger partial charge on any atom is 0.410 e. The Balaban J connectivity index is 1.15. The minimum atomic E-state index is -0.584. The van der Waals surface area contributed by atoms with E-state index in [0.717, 1.165) is 36.8 Å². The van der Waals surface area contributed by atoms with E-state index in [2.05, 4.69) is 5.32 Å². The number of nitrogens with one attached hydrogen (secondary N) is 1. The Hall–Kier alpha value is -3.06. The van der Waals surface area contributed by atoms with Crippen LogP contribution < -0.4 is 5.32 Å². The van der Waals surface area contributed by atoms with Crippen LogP contribution >= 0.6 is 0 Å². The molecule has 36 heavy (non-hydrogen) atoms. The standard InChI is InChI=1S/C29H38N2O5/c1-28(2,15-9-19-34-21-23-10-5-3-6-11-23)36-26(32)30-29(16-17-29)25-14-18-31(20-25)27(33)35-22-24-12-7-4-8-13-24/h3-8,10-13,25H,9,14-22H2,1-2H3,(H,30,32)/t25-/m1/s1. The van der Waals surface area contributed by atoms with Crippen LogP contribution in [0.25, 0.3) is 0 Å². The lowest BCUT2D eigenvalue weighted by Gasteiger charge is -2.29. The first kappa shape index (κ1) is 26.0. The van der Waals surface area contributed by atoms with Crippen molar-refractivity contribution >= 4 is 12.2 Å². The largest absolute Gasteiger partial charge is 0.445 e. The average Bonchev–Trinajstić information content (AvgIpc) is 3.45. The SMILES string of the molecule is CC(C)(CCCOCc1ccccc1)OC(=O)NC1([C@@H]2CCN(C(=O)OCc3ccccc3)C2)CC1. The fourth-order valence-electron chi connectivity index (χ4n) is 4.85. The number of hydrogen-bond donors (Lipinski definition) is 1. The lowest BCUT2D eigenvalue weighted by Crippen LogP contribution is -2.46. The number of alkyl carbamates (subject to hydrolysis) is 1. The molecule has 2 aromatic rings. The third-order valence-electron chi connectivity index (χ3n) is 7.12. The predicted octanol–water partition coefficient (Wildman–Crippen LogP) is 5.68. The molecular formula is C29H38N2O5. The van der Waals surface area contributed by atoms with Gasteiger partial charge in [-0.3, -0.25) is 0 Å². The Bertz CT molecular complexity index is 991. The van der Waals surface area contributed by atoms with Gasteiger partial charge in [0.2, 0.25) is 0 Å². The molecule has 0 bridgehead atoms. The number of carbonyl (C=O) groups excluding carboxylic acids is 2. The number of benzene rings is 2. The molecule has 2 amide bonds. The molecule has 7 nitrogen and oxygen atoms in total. The van der Waals surface area contributed by atoms with Crippen molar-refractivity contribution in [2.75, 3.05) is 19.7 Å². The zero-order valence-electron chi connectivity index (χ0n) is 21.4. The number of likely N-dealkylation sites (tertiary alicyclic amines) is 1. The van der Waals surface area contributed by atoms with Crippen LogP contribution in [-0.4, -0.2) is 47.9 Å². The Labute approximate surface area is 214 Å². The van der Waals surface area contributed by atoms with Crippen molar-refractivity contribution in [3.8, 4) is 0 Å². The molecule has 1 aliphatic heterocycles. The van der Waals surface area contributed by atoms with Crippen molar-refractivity contribution < 1.29 is 23.8 Å². The summed E-state index contributed by atoms with van der Waals surface area (Å²) in [5.41, 5.74) is 1.26. The first-order valence-electron chi connectivity index (χ1n) is 12.9. The Morgan fingerprint density at radius 1 is 1.00 bits per heavy atom. The normalized spacial score (nSPS) is 18.5. The molecule has 1 atom stereocenters. The molecule has 2 aliphatic rings. The van der Waals surface area contributed by atoms with Gasteiger partial charge in [-0.15, -0.1) is 0 Å². The van der Waals surface area contributed by atoms with Crippen LogP contribution in [0, 0.1) is 5.92 Å². The smallest absolute Gasteiger partial charge is 0.410 e. The monoisotopic (exact) mass is 494 g/mol. The maximum atomic E-state index is 12.7. The first-order valence-corrected chi connectivity index (χ1v) is 12.9. The van der Waals surface area contributed by atoms with Gasteiger partial charge in [-0.1, -0.05) is 60.7 Å². The number of carbonyl (C=O) groups is 2. The Kier molecular flexibility index (Phi) is 8.52. The molecule has 1 saturated carbocycles. The summed E-state index contributed by atoms with van der Waals surface area (Å²) >= 11 is 0. The highest BCUT2D eigenvalue weighted by Gasteiger charge is 2.53. The second kappa shape index (κ2) is 11.8.